The predicted octanol–water partition coefficient (Wildman–Crippen LogP) is 9.43. The zero-order valence-electron chi connectivity index (χ0n) is 32.3. The first-order chi connectivity index (χ1) is 24.5. The number of likely N-dealkylation sites (N-methyl/N-ethyl adjacent to an activating group) is 1. The van der Waals surface area contributed by atoms with E-state index < -0.39 is 32.5 Å². The van der Waals surface area contributed by atoms with E-state index in [1.807, 2.05) is 57.6 Å². The molecule has 0 radical (unpaired) electrons. The van der Waals surface area contributed by atoms with Crippen LogP contribution in [0.1, 0.15) is 110 Å². The van der Waals surface area contributed by atoms with Gasteiger partial charge >= 0.3 is 11.9 Å². The predicted molar refractivity (Wildman–Crippen MR) is 208 cm³/mol. The molecule has 0 aliphatic rings. The lowest BCUT2D eigenvalue weighted by Crippen LogP contribution is -2.37. The van der Waals surface area contributed by atoms with Crippen LogP contribution in [-0.4, -0.2) is 70.0 Å². The van der Waals surface area contributed by atoms with Crippen LogP contribution in [0.5, 0.6) is 0 Å². The number of hydrogen-bond donors (Lipinski definition) is 0. The summed E-state index contributed by atoms with van der Waals surface area (Å²) in [7, 11) is 1.10. The fourth-order valence-corrected chi connectivity index (χ4v) is 5.05. The highest BCUT2D eigenvalue weighted by molar-refractivity contribution is 7.45. The van der Waals surface area contributed by atoms with Gasteiger partial charge in [-0.15, -0.1) is 0 Å². The SMILES string of the molecule is CC/C=C/C=C/C=C/C=C/CCCCCC(=O)OC(COC(=O)CCCCCC/C=C/C/C=C/C/C=C/CC)COP(=O)([O-])OCC[N+](C)(C)C. The first-order valence-electron chi connectivity index (χ1n) is 18.8. The summed E-state index contributed by atoms with van der Waals surface area (Å²) >= 11 is 0. The Kier molecular flexibility index (Phi) is 31.2. The summed E-state index contributed by atoms with van der Waals surface area (Å²) in [5, 5.41) is 0. The summed E-state index contributed by atoms with van der Waals surface area (Å²) in [6.45, 7) is 3.85. The molecule has 290 valence electrons. The molecule has 0 aromatic rings. The van der Waals surface area contributed by atoms with Gasteiger partial charge in [-0.25, -0.2) is 0 Å². The van der Waals surface area contributed by atoms with Crippen molar-refractivity contribution in [1.82, 2.24) is 0 Å². The lowest BCUT2D eigenvalue weighted by Gasteiger charge is -2.28. The summed E-state index contributed by atoms with van der Waals surface area (Å²) in [4.78, 5) is 37.3. The van der Waals surface area contributed by atoms with Crippen LogP contribution in [0.25, 0.3) is 0 Å². The lowest BCUT2D eigenvalue weighted by atomic mass is 10.1. The molecular weight excluding hydrogens is 665 g/mol. The topological polar surface area (TPSA) is 111 Å². The molecule has 0 aliphatic heterocycles. The number of esters is 2. The maximum Gasteiger partial charge on any atom is 0.306 e. The Bertz CT molecular complexity index is 1150. The van der Waals surface area contributed by atoms with Gasteiger partial charge in [0.15, 0.2) is 6.10 Å². The van der Waals surface area contributed by atoms with Gasteiger partial charge in [-0.2, -0.15) is 0 Å². The van der Waals surface area contributed by atoms with Gasteiger partial charge in [0.1, 0.15) is 19.8 Å². The molecule has 0 N–H and O–H groups in total. The van der Waals surface area contributed by atoms with Crippen LogP contribution < -0.4 is 4.89 Å². The summed E-state index contributed by atoms with van der Waals surface area (Å²) in [5.41, 5.74) is 0. The lowest BCUT2D eigenvalue weighted by molar-refractivity contribution is -0.870. The van der Waals surface area contributed by atoms with Crippen molar-refractivity contribution >= 4 is 19.8 Å². The van der Waals surface area contributed by atoms with Gasteiger partial charge in [-0.1, -0.05) is 118 Å². The second kappa shape index (κ2) is 33.1. The van der Waals surface area contributed by atoms with E-state index in [2.05, 4.69) is 62.5 Å². The minimum Gasteiger partial charge on any atom is -0.756 e. The van der Waals surface area contributed by atoms with Crippen LogP contribution in [0, 0.1) is 0 Å². The summed E-state index contributed by atoms with van der Waals surface area (Å²) in [6, 6.07) is 0. The Labute approximate surface area is 310 Å². The second-order valence-corrected chi connectivity index (χ2v) is 14.7. The Hall–Kier alpha value is -2.81. The monoisotopic (exact) mass is 733 g/mol. The number of hydrogen-bond acceptors (Lipinski definition) is 8. The third kappa shape index (κ3) is 36.8. The van der Waals surface area contributed by atoms with Crippen molar-refractivity contribution in [3.63, 3.8) is 0 Å². The van der Waals surface area contributed by atoms with Gasteiger partial charge in [0.25, 0.3) is 7.82 Å². The molecule has 0 heterocycles. The molecule has 10 heteroatoms. The number of phosphoric acid groups is 1. The van der Waals surface area contributed by atoms with Gasteiger partial charge < -0.3 is 27.9 Å². The van der Waals surface area contributed by atoms with Crippen LogP contribution in [0.4, 0.5) is 0 Å². The highest BCUT2D eigenvalue weighted by atomic mass is 31.2. The van der Waals surface area contributed by atoms with E-state index in [4.69, 9.17) is 18.5 Å². The van der Waals surface area contributed by atoms with E-state index in [1.165, 1.54) is 0 Å². The fraction of sp³-hybridized carbons (Fsp3) is 0.610. The minimum absolute atomic E-state index is 0.0479. The number of allylic oxidation sites excluding steroid dienone is 14. The van der Waals surface area contributed by atoms with E-state index in [0.717, 1.165) is 70.6 Å². The zero-order chi connectivity index (χ0) is 37.9. The quantitative estimate of drug-likeness (QED) is 0.0168. The third-order valence-electron chi connectivity index (χ3n) is 7.26. The van der Waals surface area contributed by atoms with Crippen LogP contribution in [0.15, 0.2) is 85.1 Å². The Morgan fingerprint density at radius 2 is 1.16 bits per heavy atom. The minimum atomic E-state index is -4.64. The summed E-state index contributed by atoms with van der Waals surface area (Å²) < 4.78 is 33.7. The molecule has 0 aromatic carbocycles. The molecule has 2 atom stereocenters. The molecule has 0 rings (SSSR count). The Balaban J connectivity index is 4.58. The first kappa shape index (κ1) is 48.2. The number of unbranched alkanes of at least 4 members (excludes halogenated alkanes) is 7. The molecule has 0 aliphatic carbocycles. The van der Waals surface area contributed by atoms with Crippen molar-refractivity contribution in [3.8, 4) is 0 Å². The number of rotatable bonds is 32. The number of nitrogens with zero attached hydrogens (tertiary/aromatic N) is 1. The molecule has 0 bridgehead atoms. The molecule has 0 amide bonds. The van der Waals surface area contributed by atoms with Crippen molar-refractivity contribution in [2.24, 2.45) is 0 Å². The van der Waals surface area contributed by atoms with Crippen molar-refractivity contribution in [3.05, 3.63) is 85.1 Å². The smallest absolute Gasteiger partial charge is 0.306 e. The first-order valence-corrected chi connectivity index (χ1v) is 20.3. The maximum atomic E-state index is 12.6. The van der Waals surface area contributed by atoms with Crippen molar-refractivity contribution in [1.29, 1.82) is 0 Å². The Morgan fingerprint density at radius 3 is 1.80 bits per heavy atom. The molecule has 0 spiro atoms. The van der Waals surface area contributed by atoms with Crippen LogP contribution in [0.2, 0.25) is 0 Å². The largest absolute Gasteiger partial charge is 0.756 e. The summed E-state index contributed by atoms with van der Waals surface area (Å²) in [5.74, 6) is -0.920. The molecule has 2 unspecified atom stereocenters. The molecular formula is C41H68NO8P. The number of quaternary nitrogens is 1. The number of carbonyl (C=O) groups excluding carboxylic acids is 2. The van der Waals surface area contributed by atoms with Gasteiger partial charge in [-0.05, 0) is 64.2 Å². The third-order valence-corrected chi connectivity index (χ3v) is 8.22. The Morgan fingerprint density at radius 1 is 0.627 bits per heavy atom. The van der Waals surface area contributed by atoms with Crippen molar-refractivity contribution in [2.45, 2.75) is 116 Å². The van der Waals surface area contributed by atoms with E-state index in [-0.39, 0.29) is 26.1 Å². The van der Waals surface area contributed by atoms with E-state index >= 15 is 0 Å². The average molecular weight is 734 g/mol. The van der Waals surface area contributed by atoms with Gasteiger partial charge in [0.05, 0.1) is 27.7 Å². The molecule has 9 nitrogen and oxygen atoms in total. The average Bonchev–Trinajstić information content (AvgIpc) is 3.07. The zero-order valence-corrected chi connectivity index (χ0v) is 33.2. The molecule has 0 saturated carbocycles. The maximum absolute atomic E-state index is 12.6. The van der Waals surface area contributed by atoms with Crippen molar-refractivity contribution < 1.29 is 42.1 Å². The van der Waals surface area contributed by atoms with Gasteiger partial charge in [0.2, 0.25) is 0 Å². The summed E-state index contributed by atoms with van der Waals surface area (Å²) in [6.07, 6.45) is 40.5. The molecule has 0 saturated heterocycles. The molecule has 0 fully saturated rings. The highest BCUT2D eigenvalue weighted by Crippen LogP contribution is 2.38. The number of ether oxygens (including phenoxy) is 2. The van der Waals surface area contributed by atoms with Crippen LogP contribution >= 0.6 is 7.82 Å². The van der Waals surface area contributed by atoms with Gasteiger partial charge in [-0.3, -0.25) is 14.2 Å². The van der Waals surface area contributed by atoms with Crippen LogP contribution in [0.3, 0.4) is 0 Å². The standard InChI is InChI=1S/C41H68NO8P/c1-6-8-10-12-14-16-18-20-22-23-25-27-29-31-33-40(43)47-37-39(38-49-51(45,46)48-36-35-42(3,4)5)50-41(44)34-32-30-28-26-24-21-19-17-15-13-11-9-7-2/h8-11,13-17,19-22,24,39H,6-7,12,18,23,25-38H2,1-5H3/b10-8+,11-9+,15-13+,16-14+,19-17+,22-20+,24-21+. The second-order valence-electron chi connectivity index (χ2n) is 13.3. The van der Waals surface area contributed by atoms with E-state index in [9.17, 15) is 19.0 Å². The molecule has 51 heavy (non-hydrogen) atoms. The normalized spacial score (nSPS) is 14.7. The fourth-order valence-electron chi connectivity index (χ4n) is 4.32. The molecule has 0 aromatic heterocycles. The highest BCUT2D eigenvalue weighted by Gasteiger charge is 2.21. The van der Waals surface area contributed by atoms with Gasteiger partial charge in [0, 0.05) is 12.8 Å². The number of carbonyl (C=O) groups is 2. The van der Waals surface area contributed by atoms with E-state index in [1.54, 1.807) is 0 Å². The van der Waals surface area contributed by atoms with E-state index in [0.29, 0.717) is 23.9 Å². The number of phosphoric ester groups is 1. The van der Waals surface area contributed by atoms with Crippen LogP contribution in [-0.2, 0) is 32.7 Å². The van der Waals surface area contributed by atoms with Crippen molar-refractivity contribution in [2.75, 3.05) is 47.5 Å².